The molecule has 1 N–H and O–H groups in total. The van der Waals surface area contributed by atoms with E-state index in [9.17, 15) is 9.60 Å². The molecule has 0 unspecified atom stereocenters. The maximum atomic E-state index is 13.5. The molecule has 4 aliphatic rings. The van der Waals surface area contributed by atoms with Gasteiger partial charge in [-0.1, -0.05) is 0 Å². The van der Waals surface area contributed by atoms with Crippen molar-refractivity contribution in [3.05, 3.63) is 27.8 Å². The molecule has 0 saturated carbocycles. The molecule has 1 atom stereocenters. The number of amidine groups is 1. The molecule has 3 fully saturated rings. The largest absolute Gasteiger partial charge is 0.633 e. The van der Waals surface area contributed by atoms with Gasteiger partial charge in [-0.25, -0.2) is 9.98 Å². The number of hydrogen-bond acceptors (Lipinski definition) is 5. The fraction of sp³-hybridized carbons (Fsp3) is 0.571. The Morgan fingerprint density at radius 2 is 2.18 bits per heavy atom. The lowest BCUT2D eigenvalue weighted by atomic mass is 9.75. The fourth-order valence-corrected chi connectivity index (χ4v) is 3.98. The summed E-state index contributed by atoms with van der Waals surface area (Å²) in [6.07, 6.45) is 1.77. The van der Waals surface area contributed by atoms with Crippen LogP contribution >= 0.6 is 15.9 Å². The molecule has 5 rings (SSSR count). The summed E-state index contributed by atoms with van der Waals surface area (Å²) in [4.78, 5) is 8.15. The maximum Gasteiger partial charge on any atom is 0.291 e. The molecule has 8 heteroatoms. The van der Waals surface area contributed by atoms with Crippen molar-refractivity contribution in [1.29, 1.82) is 0 Å². The Morgan fingerprint density at radius 3 is 2.86 bits per heavy atom. The van der Waals surface area contributed by atoms with Crippen molar-refractivity contribution in [3.63, 3.8) is 0 Å². The van der Waals surface area contributed by atoms with Crippen molar-refractivity contribution in [2.75, 3.05) is 31.5 Å². The zero-order chi connectivity index (χ0) is 15.4. The molecule has 5 heterocycles. The third-order valence-corrected chi connectivity index (χ3v) is 5.49. The number of nitrogens with one attached hydrogen (secondary N) is 1. The predicted molar refractivity (Wildman–Crippen MR) is 82.6 cm³/mol. The van der Waals surface area contributed by atoms with Crippen molar-refractivity contribution < 1.29 is 13.8 Å². The van der Waals surface area contributed by atoms with E-state index in [1.165, 1.54) is 0 Å². The summed E-state index contributed by atoms with van der Waals surface area (Å²) in [6.45, 7) is 2.30. The number of hydroxylamine groups is 3. The van der Waals surface area contributed by atoms with Crippen LogP contribution in [0.5, 0.6) is 0 Å². The first-order chi connectivity index (χ1) is 10.5. The van der Waals surface area contributed by atoms with Gasteiger partial charge in [0, 0.05) is 18.8 Å². The lowest BCUT2D eigenvalue weighted by molar-refractivity contribution is -0.905. The first-order valence-electron chi connectivity index (χ1n) is 7.38. The molecule has 3 saturated heterocycles. The first-order valence-corrected chi connectivity index (χ1v) is 8.17. The molecule has 0 aromatic carbocycles. The smallest absolute Gasteiger partial charge is 0.291 e. The Hall–Kier alpha value is -1.25. The van der Waals surface area contributed by atoms with E-state index in [2.05, 4.69) is 31.2 Å². The van der Waals surface area contributed by atoms with Crippen LogP contribution in [0.15, 0.2) is 21.6 Å². The van der Waals surface area contributed by atoms with Crippen LogP contribution in [0.4, 0.5) is 10.2 Å². The quantitative estimate of drug-likeness (QED) is 0.467. The summed E-state index contributed by atoms with van der Waals surface area (Å²) in [7, 11) is 0. The molecule has 1 aromatic rings. The molecule has 22 heavy (non-hydrogen) atoms. The molecule has 1 aromatic heterocycles. The van der Waals surface area contributed by atoms with Crippen LogP contribution in [-0.2, 0) is 4.74 Å². The predicted octanol–water partition coefficient (Wildman–Crippen LogP) is 2.26. The number of aliphatic imine (C=N–C) groups is 1. The molecule has 6 nitrogen and oxygen atoms in total. The van der Waals surface area contributed by atoms with Gasteiger partial charge in [0.15, 0.2) is 5.60 Å². The SMILES string of the molecule is [O-][N+]12CCC(CC1)[C@]1(CN=C(Nc3ccc(Br)c(F)n3)O1)C2. The Morgan fingerprint density at radius 1 is 1.41 bits per heavy atom. The highest BCUT2D eigenvalue weighted by Gasteiger charge is 2.56. The van der Waals surface area contributed by atoms with Crippen LogP contribution in [0, 0.1) is 17.1 Å². The Labute approximate surface area is 135 Å². The van der Waals surface area contributed by atoms with Crippen LogP contribution in [0.25, 0.3) is 0 Å². The minimum atomic E-state index is -0.592. The van der Waals surface area contributed by atoms with Gasteiger partial charge >= 0.3 is 0 Å². The number of halogens is 2. The van der Waals surface area contributed by atoms with Crippen LogP contribution in [0.1, 0.15) is 12.8 Å². The molecule has 0 aliphatic carbocycles. The van der Waals surface area contributed by atoms with Crippen LogP contribution in [0.2, 0.25) is 0 Å². The van der Waals surface area contributed by atoms with Crippen molar-refractivity contribution in [3.8, 4) is 0 Å². The standard InChI is InChI=1S/C14H16BrFN4O2/c15-10-1-2-11(18-12(10)16)19-13-17-7-14(22-13)8-20(21)5-3-9(14)4-6-20/h1-2,9H,3-8H2,(H,17,18,19)/t9?,14-,20?/m0/s1. The minimum Gasteiger partial charge on any atom is -0.633 e. The van der Waals surface area contributed by atoms with Crippen molar-refractivity contribution in [2.45, 2.75) is 18.4 Å². The van der Waals surface area contributed by atoms with Crippen molar-refractivity contribution in [2.24, 2.45) is 10.9 Å². The number of pyridine rings is 1. The molecular formula is C14H16BrFN4O2. The first kappa shape index (κ1) is 14.3. The number of piperidine rings is 3. The van der Waals surface area contributed by atoms with E-state index in [0.717, 1.165) is 12.8 Å². The molecule has 1 spiro atoms. The Bertz CT molecular complexity index is 648. The van der Waals surface area contributed by atoms with Crippen LogP contribution in [0.3, 0.4) is 0 Å². The lowest BCUT2D eigenvalue weighted by Crippen LogP contribution is -2.67. The molecule has 0 amide bonds. The van der Waals surface area contributed by atoms with Gasteiger partial charge in [-0.15, -0.1) is 0 Å². The number of quaternary nitrogens is 1. The van der Waals surface area contributed by atoms with Gasteiger partial charge in [-0.2, -0.15) is 4.39 Å². The zero-order valence-corrected chi connectivity index (χ0v) is 13.5. The summed E-state index contributed by atoms with van der Waals surface area (Å²) in [5, 5.41) is 15.5. The van der Waals surface area contributed by atoms with Gasteiger partial charge in [0.05, 0.1) is 24.1 Å². The minimum absolute atomic E-state index is 0.176. The highest BCUT2D eigenvalue weighted by molar-refractivity contribution is 9.10. The summed E-state index contributed by atoms with van der Waals surface area (Å²) in [5.41, 5.74) is -0.492. The molecule has 118 valence electrons. The molecule has 2 bridgehead atoms. The summed E-state index contributed by atoms with van der Waals surface area (Å²) >= 11 is 3.06. The van der Waals surface area contributed by atoms with E-state index in [1.54, 1.807) is 12.1 Å². The van der Waals surface area contributed by atoms with Gasteiger partial charge in [0.2, 0.25) is 5.95 Å². The van der Waals surface area contributed by atoms with E-state index in [1.807, 2.05) is 0 Å². The average Bonchev–Trinajstić information content (AvgIpc) is 2.85. The normalized spacial score (nSPS) is 36.3. The number of anilines is 1. The van der Waals surface area contributed by atoms with Gasteiger partial charge in [0.25, 0.3) is 6.02 Å². The summed E-state index contributed by atoms with van der Waals surface area (Å²) in [5.74, 6) is 0.119. The van der Waals surface area contributed by atoms with E-state index in [0.29, 0.717) is 48.4 Å². The third-order valence-electron chi connectivity index (χ3n) is 4.90. The van der Waals surface area contributed by atoms with E-state index in [-0.39, 0.29) is 4.65 Å². The van der Waals surface area contributed by atoms with Gasteiger partial charge in [0.1, 0.15) is 12.4 Å². The second kappa shape index (κ2) is 4.87. The number of nitrogens with zero attached hydrogens (tertiary/aromatic N) is 3. The summed E-state index contributed by atoms with van der Waals surface area (Å²) < 4.78 is 19.6. The molecule has 0 radical (unpaired) electrons. The second-order valence-electron chi connectivity index (χ2n) is 6.32. The fourth-order valence-electron chi connectivity index (χ4n) is 3.76. The number of ether oxygens (including phenoxy) is 1. The van der Waals surface area contributed by atoms with Gasteiger partial charge < -0.3 is 14.6 Å². The van der Waals surface area contributed by atoms with E-state index in [4.69, 9.17) is 4.74 Å². The topological polar surface area (TPSA) is 69.6 Å². The second-order valence-corrected chi connectivity index (χ2v) is 7.17. The van der Waals surface area contributed by atoms with E-state index < -0.39 is 11.5 Å². The van der Waals surface area contributed by atoms with Crippen molar-refractivity contribution in [1.82, 2.24) is 4.98 Å². The molecule has 4 aliphatic heterocycles. The highest BCUT2D eigenvalue weighted by atomic mass is 79.9. The number of rotatable bonds is 1. The monoisotopic (exact) mass is 370 g/mol. The van der Waals surface area contributed by atoms with Crippen LogP contribution in [-0.4, -0.2) is 47.4 Å². The third kappa shape index (κ3) is 2.29. The Kier molecular flexibility index (Phi) is 3.18. The maximum absolute atomic E-state index is 13.5. The number of hydrogen-bond donors (Lipinski definition) is 1. The lowest BCUT2D eigenvalue weighted by Gasteiger charge is -2.58. The average molecular weight is 371 g/mol. The van der Waals surface area contributed by atoms with E-state index >= 15 is 0 Å². The molecular weight excluding hydrogens is 355 g/mol. The highest BCUT2D eigenvalue weighted by Crippen LogP contribution is 2.44. The van der Waals surface area contributed by atoms with Gasteiger partial charge in [-0.05, 0) is 28.1 Å². The zero-order valence-electron chi connectivity index (χ0n) is 11.9. The van der Waals surface area contributed by atoms with Gasteiger partial charge in [-0.3, -0.25) is 5.32 Å². The van der Waals surface area contributed by atoms with Crippen LogP contribution < -0.4 is 5.32 Å². The summed E-state index contributed by atoms with van der Waals surface area (Å²) in [6, 6.07) is 3.54. The number of aromatic nitrogens is 1. The Balaban J connectivity index is 1.49. The van der Waals surface area contributed by atoms with Crippen molar-refractivity contribution >= 4 is 27.8 Å². The number of fused-ring (bicyclic) bond motifs is 2.